The molecule has 5 nitrogen and oxygen atoms in total. The summed E-state index contributed by atoms with van der Waals surface area (Å²) < 4.78 is 0. The van der Waals surface area contributed by atoms with E-state index in [4.69, 9.17) is 5.11 Å². The molecule has 106 valence electrons. The van der Waals surface area contributed by atoms with Gasteiger partial charge in [0, 0.05) is 37.7 Å². The van der Waals surface area contributed by atoms with E-state index in [0.29, 0.717) is 19.6 Å². The molecule has 1 saturated heterocycles. The van der Waals surface area contributed by atoms with Crippen LogP contribution >= 0.6 is 0 Å². The van der Waals surface area contributed by atoms with Crippen LogP contribution in [0.25, 0.3) is 0 Å². The van der Waals surface area contributed by atoms with Gasteiger partial charge in [0.2, 0.25) is 5.91 Å². The minimum atomic E-state index is -0.852. The minimum absolute atomic E-state index is 0.0509. The summed E-state index contributed by atoms with van der Waals surface area (Å²) in [6, 6.07) is 8.00. The quantitative estimate of drug-likeness (QED) is 0.787. The lowest BCUT2D eigenvalue weighted by Crippen LogP contribution is -2.47. The van der Waals surface area contributed by atoms with E-state index >= 15 is 0 Å². The Morgan fingerprint density at radius 3 is 2.45 bits per heavy atom. The maximum Gasteiger partial charge on any atom is 0.407 e. The van der Waals surface area contributed by atoms with Crippen LogP contribution in [0.1, 0.15) is 25.3 Å². The number of carbonyl (C=O) groups is 2. The number of benzene rings is 1. The number of hydrogen-bond donors (Lipinski definition) is 1. The van der Waals surface area contributed by atoms with Gasteiger partial charge in [-0.2, -0.15) is 0 Å². The number of nitrogens with zero attached hydrogens (tertiary/aromatic N) is 2. The molecule has 0 radical (unpaired) electrons. The van der Waals surface area contributed by atoms with Crippen molar-refractivity contribution in [2.45, 2.75) is 25.2 Å². The van der Waals surface area contributed by atoms with E-state index in [2.05, 4.69) is 6.07 Å². The van der Waals surface area contributed by atoms with E-state index in [1.54, 1.807) is 6.92 Å². The maximum atomic E-state index is 11.8. The van der Waals surface area contributed by atoms with Crippen LogP contribution in [0.4, 0.5) is 10.5 Å². The number of piperidine rings is 1. The molecule has 0 saturated carbocycles. The summed E-state index contributed by atoms with van der Waals surface area (Å²) in [6.45, 7) is 3.34. The number of para-hydroxylation sites is 1. The molecule has 0 unspecified atom stereocenters. The van der Waals surface area contributed by atoms with Gasteiger partial charge in [-0.25, -0.2) is 4.79 Å². The fourth-order valence-corrected chi connectivity index (χ4v) is 3.46. The molecule has 1 aromatic rings. The first-order valence-corrected chi connectivity index (χ1v) is 6.89. The fourth-order valence-electron chi connectivity index (χ4n) is 3.46. The summed E-state index contributed by atoms with van der Waals surface area (Å²) in [4.78, 5) is 26.2. The van der Waals surface area contributed by atoms with Crippen LogP contribution in [0.3, 0.4) is 0 Å². The van der Waals surface area contributed by atoms with Crippen molar-refractivity contribution in [3.05, 3.63) is 29.8 Å². The Bertz CT molecular complexity index is 562. The standard InChI is InChI=1S/C15H18N2O3/c1-11(18)17-10-15(12-4-2-3-5-13(12)17)6-8-16(9-7-15)14(19)20/h2-5H,6-10H2,1H3,(H,19,20). The van der Waals surface area contributed by atoms with E-state index in [1.165, 1.54) is 10.5 Å². The number of carboxylic acid groups (broad SMARTS) is 1. The summed E-state index contributed by atoms with van der Waals surface area (Å²) >= 11 is 0. The zero-order valence-electron chi connectivity index (χ0n) is 11.5. The van der Waals surface area contributed by atoms with Gasteiger partial charge in [0.05, 0.1) is 0 Å². The third-order valence-corrected chi connectivity index (χ3v) is 4.60. The van der Waals surface area contributed by atoms with Crippen LogP contribution in [-0.4, -0.2) is 41.6 Å². The number of amides is 2. The highest BCUT2D eigenvalue weighted by atomic mass is 16.4. The highest BCUT2D eigenvalue weighted by Crippen LogP contribution is 2.46. The number of fused-ring (bicyclic) bond motifs is 2. The molecule has 3 rings (SSSR count). The van der Waals surface area contributed by atoms with Crippen LogP contribution in [0.2, 0.25) is 0 Å². The Morgan fingerprint density at radius 2 is 1.85 bits per heavy atom. The number of carbonyl (C=O) groups excluding carboxylic acids is 1. The van der Waals surface area contributed by atoms with Gasteiger partial charge < -0.3 is 14.9 Å². The van der Waals surface area contributed by atoms with E-state index in [9.17, 15) is 9.59 Å². The van der Waals surface area contributed by atoms with Gasteiger partial charge in [-0.3, -0.25) is 4.79 Å². The van der Waals surface area contributed by atoms with Crippen molar-refractivity contribution in [1.29, 1.82) is 0 Å². The van der Waals surface area contributed by atoms with E-state index < -0.39 is 6.09 Å². The largest absolute Gasteiger partial charge is 0.465 e. The molecule has 1 N–H and O–H groups in total. The zero-order chi connectivity index (χ0) is 14.3. The van der Waals surface area contributed by atoms with Crippen molar-refractivity contribution in [2.75, 3.05) is 24.5 Å². The minimum Gasteiger partial charge on any atom is -0.465 e. The van der Waals surface area contributed by atoms with Gasteiger partial charge in [-0.05, 0) is 24.5 Å². The van der Waals surface area contributed by atoms with Crippen LogP contribution in [0.15, 0.2) is 24.3 Å². The maximum absolute atomic E-state index is 11.8. The SMILES string of the molecule is CC(=O)N1CC2(CCN(C(=O)O)CC2)c2ccccc21. The van der Waals surface area contributed by atoms with E-state index in [-0.39, 0.29) is 11.3 Å². The Labute approximate surface area is 117 Å². The number of hydrogen-bond acceptors (Lipinski definition) is 2. The number of likely N-dealkylation sites (tertiary alicyclic amines) is 1. The molecule has 1 aromatic carbocycles. The van der Waals surface area contributed by atoms with Crippen molar-refractivity contribution in [1.82, 2.24) is 4.90 Å². The van der Waals surface area contributed by atoms with Gasteiger partial charge in [-0.1, -0.05) is 18.2 Å². The van der Waals surface area contributed by atoms with Crippen LogP contribution in [0, 0.1) is 0 Å². The first-order valence-electron chi connectivity index (χ1n) is 6.89. The van der Waals surface area contributed by atoms with Crippen molar-refractivity contribution in [2.24, 2.45) is 0 Å². The Balaban J connectivity index is 1.93. The highest BCUT2D eigenvalue weighted by Gasteiger charge is 2.46. The van der Waals surface area contributed by atoms with Gasteiger partial charge >= 0.3 is 6.09 Å². The number of rotatable bonds is 0. The number of anilines is 1. The van der Waals surface area contributed by atoms with Gasteiger partial charge in [0.25, 0.3) is 0 Å². The summed E-state index contributed by atoms with van der Waals surface area (Å²) in [6.07, 6.45) is 0.703. The lowest BCUT2D eigenvalue weighted by atomic mass is 9.74. The molecule has 1 spiro atoms. The average molecular weight is 274 g/mol. The predicted octanol–water partition coefficient (Wildman–Crippen LogP) is 2.06. The molecule has 2 heterocycles. The smallest absolute Gasteiger partial charge is 0.407 e. The molecule has 1 fully saturated rings. The molecular formula is C15H18N2O3. The van der Waals surface area contributed by atoms with Crippen molar-refractivity contribution >= 4 is 17.7 Å². The molecule has 0 aliphatic carbocycles. The summed E-state index contributed by atoms with van der Waals surface area (Å²) in [5, 5.41) is 9.07. The lowest BCUT2D eigenvalue weighted by molar-refractivity contribution is -0.116. The Kier molecular flexibility index (Phi) is 2.92. The highest BCUT2D eigenvalue weighted by molar-refractivity contribution is 5.94. The third-order valence-electron chi connectivity index (χ3n) is 4.60. The van der Waals surface area contributed by atoms with Crippen molar-refractivity contribution < 1.29 is 14.7 Å². The van der Waals surface area contributed by atoms with Crippen LogP contribution in [-0.2, 0) is 10.2 Å². The first-order chi connectivity index (χ1) is 9.53. The Hall–Kier alpha value is -2.04. The molecule has 0 aromatic heterocycles. The fraction of sp³-hybridized carbons (Fsp3) is 0.467. The van der Waals surface area contributed by atoms with Gasteiger partial charge in [-0.15, -0.1) is 0 Å². The Morgan fingerprint density at radius 1 is 1.20 bits per heavy atom. The van der Waals surface area contributed by atoms with Gasteiger partial charge in [0.15, 0.2) is 0 Å². The van der Waals surface area contributed by atoms with Crippen LogP contribution < -0.4 is 4.90 Å². The molecule has 2 amide bonds. The van der Waals surface area contributed by atoms with E-state index in [1.807, 2.05) is 23.1 Å². The lowest BCUT2D eigenvalue weighted by Gasteiger charge is -2.38. The summed E-state index contributed by atoms with van der Waals surface area (Å²) in [5.74, 6) is 0.0509. The molecule has 2 aliphatic rings. The summed E-state index contributed by atoms with van der Waals surface area (Å²) in [7, 11) is 0. The van der Waals surface area contributed by atoms with Gasteiger partial charge in [0.1, 0.15) is 0 Å². The first kappa shape index (κ1) is 13.0. The molecule has 5 heteroatoms. The van der Waals surface area contributed by atoms with Crippen molar-refractivity contribution in [3.63, 3.8) is 0 Å². The third kappa shape index (κ3) is 1.85. The monoisotopic (exact) mass is 274 g/mol. The second kappa shape index (κ2) is 4.51. The van der Waals surface area contributed by atoms with Crippen molar-refractivity contribution in [3.8, 4) is 0 Å². The molecule has 0 atom stereocenters. The second-order valence-corrected chi connectivity index (χ2v) is 5.67. The topological polar surface area (TPSA) is 60.9 Å². The average Bonchev–Trinajstić information content (AvgIpc) is 2.75. The normalized spacial score (nSPS) is 20.1. The summed E-state index contributed by atoms with van der Waals surface area (Å²) in [5.41, 5.74) is 2.11. The molecule has 0 bridgehead atoms. The molecule has 20 heavy (non-hydrogen) atoms. The molecule has 2 aliphatic heterocycles. The van der Waals surface area contributed by atoms with E-state index in [0.717, 1.165) is 18.5 Å². The predicted molar refractivity (Wildman–Crippen MR) is 75.0 cm³/mol. The zero-order valence-corrected chi connectivity index (χ0v) is 11.5. The van der Waals surface area contributed by atoms with Crippen LogP contribution in [0.5, 0.6) is 0 Å². The second-order valence-electron chi connectivity index (χ2n) is 5.67. The molecular weight excluding hydrogens is 256 g/mol.